The van der Waals surface area contributed by atoms with E-state index in [-0.39, 0.29) is 5.41 Å². The first-order valence-corrected chi connectivity index (χ1v) is 17.5. The number of aryl methyl sites for hydroxylation is 1. The van der Waals surface area contributed by atoms with Crippen molar-refractivity contribution in [2.24, 2.45) is 0 Å². The number of nitrogens with zero attached hydrogens (tertiary/aromatic N) is 2. The molecule has 0 amide bonds. The fraction of sp³-hybridized carbons (Fsp3) is 0.170. The summed E-state index contributed by atoms with van der Waals surface area (Å²) in [6.07, 6.45) is 4.02. The Kier molecular flexibility index (Phi) is 8.89. The van der Waals surface area contributed by atoms with Gasteiger partial charge in [0.25, 0.3) is 0 Å². The summed E-state index contributed by atoms with van der Waals surface area (Å²) in [6, 6.07) is 52.6. The molecular weight excluding hydrogens is 593 g/mol. The summed E-state index contributed by atoms with van der Waals surface area (Å²) in [7, 11) is 0. The molecule has 0 saturated carbocycles. The maximum absolute atomic E-state index is 5.21. The lowest BCUT2D eigenvalue weighted by Gasteiger charge is -2.28. The highest BCUT2D eigenvalue weighted by Gasteiger charge is 2.28. The van der Waals surface area contributed by atoms with E-state index in [1.807, 2.05) is 0 Å². The molecule has 0 unspecified atom stereocenters. The quantitative estimate of drug-likeness (QED) is 0.154. The van der Waals surface area contributed by atoms with Gasteiger partial charge in [-0.3, -0.25) is 4.57 Å². The normalized spacial score (nSPS) is 11.5. The molecule has 0 aliphatic carbocycles. The highest BCUT2D eigenvalue weighted by atomic mass is 15.1. The Morgan fingerprint density at radius 1 is 0.531 bits per heavy atom. The van der Waals surface area contributed by atoms with Gasteiger partial charge in [-0.15, -0.1) is 0 Å². The maximum Gasteiger partial charge on any atom is 0.144 e. The lowest BCUT2D eigenvalue weighted by Crippen LogP contribution is -2.21. The SMILES string of the molecule is CCc1c(-c2cccc(-c3ccccc3)c2)ccc(C)c1-n1c(C(C)(C)CC)cnc1-c1cccc(-c2cccc(-c3ccccc3)c2)c1. The molecular formula is C47H44N2. The third-order valence-electron chi connectivity index (χ3n) is 10.1. The molecule has 0 N–H and O–H groups in total. The van der Waals surface area contributed by atoms with E-state index in [9.17, 15) is 0 Å². The fourth-order valence-electron chi connectivity index (χ4n) is 6.98. The summed E-state index contributed by atoms with van der Waals surface area (Å²) in [6.45, 7) is 11.5. The van der Waals surface area contributed by atoms with Crippen molar-refractivity contribution in [1.29, 1.82) is 0 Å². The van der Waals surface area contributed by atoms with Gasteiger partial charge in [0.1, 0.15) is 5.82 Å². The van der Waals surface area contributed by atoms with Crippen LogP contribution in [0.25, 0.3) is 61.6 Å². The molecule has 0 fully saturated rings. The summed E-state index contributed by atoms with van der Waals surface area (Å²) >= 11 is 0. The number of hydrogen-bond donors (Lipinski definition) is 0. The van der Waals surface area contributed by atoms with Crippen LogP contribution in [0.2, 0.25) is 0 Å². The summed E-state index contributed by atoms with van der Waals surface area (Å²) in [5.41, 5.74) is 15.9. The van der Waals surface area contributed by atoms with E-state index < -0.39 is 0 Å². The number of benzene rings is 6. The molecule has 0 radical (unpaired) electrons. The van der Waals surface area contributed by atoms with Gasteiger partial charge in [-0.05, 0) is 93.6 Å². The lowest BCUT2D eigenvalue weighted by molar-refractivity contribution is 0.482. The smallest absolute Gasteiger partial charge is 0.144 e. The predicted molar refractivity (Wildman–Crippen MR) is 208 cm³/mol. The predicted octanol–water partition coefficient (Wildman–Crippen LogP) is 12.8. The molecule has 0 spiro atoms. The van der Waals surface area contributed by atoms with Gasteiger partial charge in [-0.1, -0.05) is 155 Å². The van der Waals surface area contributed by atoms with Gasteiger partial charge >= 0.3 is 0 Å². The maximum atomic E-state index is 5.21. The molecule has 1 aromatic heterocycles. The monoisotopic (exact) mass is 636 g/mol. The van der Waals surface area contributed by atoms with E-state index in [1.54, 1.807) is 0 Å². The van der Waals surface area contributed by atoms with Crippen LogP contribution in [0.3, 0.4) is 0 Å². The van der Waals surface area contributed by atoms with E-state index in [0.717, 1.165) is 24.2 Å². The zero-order valence-electron chi connectivity index (χ0n) is 29.2. The van der Waals surface area contributed by atoms with Gasteiger partial charge < -0.3 is 0 Å². The molecule has 0 aliphatic rings. The van der Waals surface area contributed by atoms with Crippen molar-refractivity contribution < 1.29 is 0 Å². The molecule has 6 aromatic carbocycles. The van der Waals surface area contributed by atoms with Crippen LogP contribution < -0.4 is 0 Å². The van der Waals surface area contributed by atoms with Crippen molar-refractivity contribution in [3.63, 3.8) is 0 Å². The van der Waals surface area contributed by atoms with Gasteiger partial charge in [-0.2, -0.15) is 0 Å². The van der Waals surface area contributed by atoms with E-state index in [0.29, 0.717) is 0 Å². The van der Waals surface area contributed by atoms with Crippen LogP contribution in [0, 0.1) is 6.92 Å². The first kappa shape index (κ1) is 32.1. The van der Waals surface area contributed by atoms with E-state index >= 15 is 0 Å². The van der Waals surface area contributed by atoms with Crippen molar-refractivity contribution in [1.82, 2.24) is 9.55 Å². The Morgan fingerprint density at radius 2 is 1.00 bits per heavy atom. The second kappa shape index (κ2) is 13.6. The van der Waals surface area contributed by atoms with Crippen molar-refractivity contribution >= 4 is 0 Å². The fourth-order valence-corrected chi connectivity index (χ4v) is 6.98. The van der Waals surface area contributed by atoms with Crippen molar-refractivity contribution in [3.05, 3.63) is 169 Å². The Balaban J connectivity index is 1.40. The molecule has 0 saturated heterocycles. The van der Waals surface area contributed by atoms with Crippen LogP contribution in [-0.2, 0) is 11.8 Å². The van der Waals surface area contributed by atoms with Crippen LogP contribution in [0.1, 0.15) is 50.9 Å². The average molecular weight is 637 g/mol. The summed E-state index contributed by atoms with van der Waals surface area (Å²) < 4.78 is 2.47. The summed E-state index contributed by atoms with van der Waals surface area (Å²) in [4.78, 5) is 5.21. The molecule has 1 heterocycles. The molecule has 7 aromatic rings. The second-order valence-electron chi connectivity index (χ2n) is 13.6. The Labute approximate surface area is 291 Å². The Bertz CT molecular complexity index is 2220. The largest absolute Gasteiger partial charge is 0.296 e. The second-order valence-corrected chi connectivity index (χ2v) is 13.6. The molecule has 242 valence electrons. The third kappa shape index (κ3) is 6.27. The minimum atomic E-state index is -0.0758. The topological polar surface area (TPSA) is 17.8 Å². The first-order valence-electron chi connectivity index (χ1n) is 17.5. The summed E-state index contributed by atoms with van der Waals surface area (Å²) in [5, 5.41) is 0. The van der Waals surface area contributed by atoms with Crippen LogP contribution in [0.15, 0.2) is 152 Å². The molecule has 2 heteroatoms. The molecule has 0 aliphatic heterocycles. The molecule has 7 rings (SSSR count). The van der Waals surface area contributed by atoms with E-state index in [4.69, 9.17) is 4.98 Å². The highest BCUT2D eigenvalue weighted by Crippen LogP contribution is 2.40. The van der Waals surface area contributed by atoms with Crippen molar-refractivity contribution in [2.45, 2.75) is 52.9 Å². The van der Waals surface area contributed by atoms with Gasteiger partial charge in [0.2, 0.25) is 0 Å². The number of aromatic nitrogens is 2. The van der Waals surface area contributed by atoms with Crippen LogP contribution in [0.4, 0.5) is 0 Å². The third-order valence-corrected chi connectivity index (χ3v) is 10.1. The minimum absolute atomic E-state index is 0.0758. The van der Waals surface area contributed by atoms with Gasteiger partial charge in [0.05, 0.1) is 5.69 Å². The van der Waals surface area contributed by atoms with Crippen LogP contribution >= 0.6 is 0 Å². The Hall–Kier alpha value is -5.47. The van der Waals surface area contributed by atoms with Crippen LogP contribution in [-0.4, -0.2) is 9.55 Å². The zero-order valence-corrected chi connectivity index (χ0v) is 29.2. The van der Waals surface area contributed by atoms with Crippen LogP contribution in [0.5, 0.6) is 0 Å². The number of hydrogen-bond acceptors (Lipinski definition) is 1. The standard InChI is InChI=1S/C47H44N2/c1-6-42-43(40-25-15-22-37(30-40)35-19-12-9-13-20-35)28-27-33(3)45(42)49-44(47(4,5)7-2)32-48-46(49)41-26-16-24-39(31-41)38-23-14-21-36(29-38)34-17-10-8-11-18-34/h8-32H,6-7H2,1-5H3. The van der Waals surface area contributed by atoms with Crippen molar-refractivity contribution in [2.75, 3.05) is 0 Å². The Morgan fingerprint density at radius 3 is 1.55 bits per heavy atom. The highest BCUT2D eigenvalue weighted by molar-refractivity contribution is 5.80. The minimum Gasteiger partial charge on any atom is -0.296 e. The van der Waals surface area contributed by atoms with E-state index in [2.05, 4.69) is 191 Å². The van der Waals surface area contributed by atoms with Gasteiger partial charge in [-0.25, -0.2) is 4.98 Å². The lowest BCUT2D eigenvalue weighted by atomic mass is 9.86. The number of imidazole rings is 1. The van der Waals surface area contributed by atoms with Crippen molar-refractivity contribution in [3.8, 4) is 61.6 Å². The van der Waals surface area contributed by atoms with Gasteiger partial charge in [0.15, 0.2) is 0 Å². The molecule has 49 heavy (non-hydrogen) atoms. The molecule has 0 atom stereocenters. The summed E-state index contributed by atoms with van der Waals surface area (Å²) in [5.74, 6) is 0.977. The molecule has 2 nitrogen and oxygen atoms in total. The first-order chi connectivity index (χ1) is 23.9. The zero-order chi connectivity index (χ0) is 34.0. The van der Waals surface area contributed by atoms with Gasteiger partial charge in [0, 0.05) is 22.9 Å². The average Bonchev–Trinajstić information content (AvgIpc) is 3.61. The van der Waals surface area contributed by atoms with E-state index in [1.165, 1.54) is 67.0 Å². The molecule has 0 bridgehead atoms. The number of rotatable bonds is 9.